The SMILES string of the molecule is CCCN1CCC(N2CCN(C(C)C)C(CC)C2)CC1.O=C(O)C(F)(F)F.O=C(O)C(F)(F)F. The zero-order valence-corrected chi connectivity index (χ0v) is 20.1. The Morgan fingerprint density at radius 3 is 1.65 bits per heavy atom. The molecule has 202 valence electrons. The van der Waals surface area contributed by atoms with Crippen LogP contribution in [0.1, 0.15) is 53.4 Å². The molecule has 0 aromatic carbocycles. The summed E-state index contributed by atoms with van der Waals surface area (Å²) in [5.74, 6) is -5.51. The van der Waals surface area contributed by atoms with Crippen LogP contribution in [0, 0.1) is 0 Å². The number of hydrogen-bond donors (Lipinski definition) is 2. The third kappa shape index (κ3) is 12.2. The molecule has 2 saturated heterocycles. The van der Waals surface area contributed by atoms with Crippen LogP contribution < -0.4 is 0 Å². The Hall–Kier alpha value is -1.60. The van der Waals surface area contributed by atoms with Crippen molar-refractivity contribution in [3.63, 3.8) is 0 Å². The summed E-state index contributed by atoms with van der Waals surface area (Å²) < 4.78 is 63.5. The average molecular weight is 510 g/mol. The molecule has 0 amide bonds. The van der Waals surface area contributed by atoms with Gasteiger partial charge in [0.15, 0.2) is 0 Å². The number of carboxylic acid groups (broad SMARTS) is 2. The molecule has 2 aliphatic heterocycles. The first-order chi connectivity index (χ1) is 15.5. The Morgan fingerprint density at radius 2 is 1.32 bits per heavy atom. The van der Waals surface area contributed by atoms with Crippen molar-refractivity contribution in [1.29, 1.82) is 0 Å². The van der Waals surface area contributed by atoms with Gasteiger partial charge in [-0.15, -0.1) is 0 Å². The van der Waals surface area contributed by atoms with E-state index < -0.39 is 24.3 Å². The summed E-state index contributed by atoms with van der Waals surface area (Å²) in [4.78, 5) is 26.0. The number of halogens is 6. The highest BCUT2D eigenvalue weighted by Gasteiger charge is 2.39. The number of carbonyl (C=O) groups is 2. The minimum Gasteiger partial charge on any atom is -0.475 e. The van der Waals surface area contributed by atoms with Crippen LogP contribution in [0.3, 0.4) is 0 Å². The lowest BCUT2D eigenvalue weighted by molar-refractivity contribution is -0.193. The zero-order valence-electron chi connectivity index (χ0n) is 20.1. The molecule has 2 aliphatic rings. The van der Waals surface area contributed by atoms with E-state index in [9.17, 15) is 26.3 Å². The third-order valence-corrected chi connectivity index (χ3v) is 5.79. The fraction of sp³-hybridized carbons (Fsp3) is 0.905. The molecule has 13 heteroatoms. The summed E-state index contributed by atoms with van der Waals surface area (Å²) >= 11 is 0. The van der Waals surface area contributed by atoms with Crippen molar-refractivity contribution < 1.29 is 46.1 Å². The van der Waals surface area contributed by atoms with Gasteiger partial charge in [-0.25, -0.2) is 9.59 Å². The maximum Gasteiger partial charge on any atom is 0.490 e. The van der Waals surface area contributed by atoms with Crippen molar-refractivity contribution in [2.45, 2.75) is 83.9 Å². The number of alkyl halides is 6. The van der Waals surface area contributed by atoms with Crippen LogP contribution in [-0.4, -0.2) is 107 Å². The molecular weight excluding hydrogens is 472 g/mol. The second-order valence-electron chi connectivity index (χ2n) is 8.57. The van der Waals surface area contributed by atoms with E-state index in [0.29, 0.717) is 6.04 Å². The summed E-state index contributed by atoms with van der Waals surface area (Å²) in [6.45, 7) is 17.1. The van der Waals surface area contributed by atoms with Gasteiger partial charge in [0, 0.05) is 37.8 Å². The van der Waals surface area contributed by atoms with Crippen molar-refractivity contribution in [2.75, 3.05) is 39.3 Å². The lowest BCUT2D eigenvalue weighted by Gasteiger charge is -2.47. The van der Waals surface area contributed by atoms with E-state index >= 15 is 0 Å². The Kier molecular flexibility index (Phi) is 14.0. The predicted molar refractivity (Wildman–Crippen MR) is 115 cm³/mol. The number of likely N-dealkylation sites (tertiary alicyclic amines) is 1. The topological polar surface area (TPSA) is 84.3 Å². The van der Waals surface area contributed by atoms with Gasteiger partial charge in [-0.05, 0) is 59.2 Å². The highest BCUT2D eigenvalue weighted by molar-refractivity contribution is 5.73. The fourth-order valence-electron chi connectivity index (χ4n) is 4.09. The van der Waals surface area contributed by atoms with E-state index in [1.54, 1.807) is 0 Å². The van der Waals surface area contributed by atoms with E-state index in [1.165, 1.54) is 65.0 Å². The highest BCUT2D eigenvalue weighted by Crippen LogP contribution is 2.23. The number of nitrogens with zero attached hydrogens (tertiary/aromatic N) is 3. The van der Waals surface area contributed by atoms with E-state index in [1.807, 2.05) is 0 Å². The molecule has 0 aromatic rings. The molecule has 0 aliphatic carbocycles. The number of rotatable bonds is 5. The first-order valence-corrected chi connectivity index (χ1v) is 11.4. The quantitative estimate of drug-likeness (QED) is 0.544. The van der Waals surface area contributed by atoms with E-state index in [0.717, 1.165) is 12.1 Å². The van der Waals surface area contributed by atoms with Gasteiger partial charge < -0.3 is 15.1 Å². The second kappa shape index (κ2) is 14.7. The lowest BCUT2D eigenvalue weighted by Crippen LogP contribution is -2.58. The largest absolute Gasteiger partial charge is 0.490 e. The Bertz CT molecular complexity index is 584. The molecule has 1 unspecified atom stereocenters. The van der Waals surface area contributed by atoms with Crippen molar-refractivity contribution >= 4 is 11.9 Å². The summed E-state index contributed by atoms with van der Waals surface area (Å²) in [6.07, 6.45) is -4.80. The van der Waals surface area contributed by atoms with Gasteiger partial charge in [0.1, 0.15) is 0 Å². The number of aliphatic carboxylic acids is 2. The van der Waals surface area contributed by atoms with E-state index in [4.69, 9.17) is 19.8 Å². The van der Waals surface area contributed by atoms with Gasteiger partial charge in [-0.2, -0.15) is 26.3 Å². The first-order valence-electron chi connectivity index (χ1n) is 11.4. The van der Waals surface area contributed by atoms with Crippen LogP contribution in [0.5, 0.6) is 0 Å². The summed E-state index contributed by atoms with van der Waals surface area (Å²) in [5.41, 5.74) is 0. The highest BCUT2D eigenvalue weighted by atomic mass is 19.4. The van der Waals surface area contributed by atoms with E-state index in [2.05, 4.69) is 42.4 Å². The molecule has 2 rings (SSSR count). The summed E-state index contributed by atoms with van der Waals surface area (Å²) in [7, 11) is 0. The smallest absolute Gasteiger partial charge is 0.475 e. The van der Waals surface area contributed by atoms with Crippen LogP contribution in [0.2, 0.25) is 0 Å². The summed E-state index contributed by atoms with van der Waals surface area (Å²) in [5, 5.41) is 14.2. The number of carboxylic acids is 2. The molecule has 0 saturated carbocycles. The second-order valence-corrected chi connectivity index (χ2v) is 8.57. The van der Waals surface area contributed by atoms with Gasteiger partial charge in [-0.3, -0.25) is 9.80 Å². The van der Waals surface area contributed by atoms with Gasteiger partial charge in [0.2, 0.25) is 0 Å². The predicted octanol–water partition coefficient (Wildman–Crippen LogP) is 3.93. The third-order valence-electron chi connectivity index (χ3n) is 5.79. The molecular formula is C21H37F6N3O4. The van der Waals surface area contributed by atoms with Gasteiger partial charge in [0.05, 0.1) is 0 Å². The molecule has 1 atom stereocenters. The van der Waals surface area contributed by atoms with Crippen LogP contribution in [-0.2, 0) is 9.59 Å². The normalized spacial score (nSPS) is 21.3. The molecule has 2 N–H and O–H groups in total. The minimum atomic E-state index is -5.08. The van der Waals surface area contributed by atoms with Gasteiger partial charge >= 0.3 is 24.3 Å². The Morgan fingerprint density at radius 1 is 0.882 bits per heavy atom. The lowest BCUT2D eigenvalue weighted by atomic mass is 9.99. The number of piperidine rings is 1. The van der Waals surface area contributed by atoms with Crippen LogP contribution in [0.4, 0.5) is 26.3 Å². The van der Waals surface area contributed by atoms with Crippen LogP contribution >= 0.6 is 0 Å². The molecule has 0 bridgehead atoms. The first kappa shape index (κ1) is 32.4. The average Bonchev–Trinajstić information content (AvgIpc) is 2.73. The van der Waals surface area contributed by atoms with Crippen LogP contribution in [0.25, 0.3) is 0 Å². The van der Waals surface area contributed by atoms with Crippen molar-refractivity contribution in [3.05, 3.63) is 0 Å². The molecule has 2 fully saturated rings. The monoisotopic (exact) mass is 509 g/mol. The molecule has 0 radical (unpaired) electrons. The van der Waals surface area contributed by atoms with Crippen LogP contribution in [0.15, 0.2) is 0 Å². The standard InChI is InChI=1S/C17H35N3.2C2HF3O2/c1-5-9-18-10-7-17(8-11-18)19-12-13-20(15(3)4)16(6-2)14-19;2*3-2(4,5)1(6)7/h15-17H,5-14H2,1-4H3;2*(H,6,7). The van der Waals surface area contributed by atoms with Crippen molar-refractivity contribution in [1.82, 2.24) is 14.7 Å². The molecule has 0 spiro atoms. The zero-order chi connectivity index (χ0) is 26.7. The fourth-order valence-corrected chi connectivity index (χ4v) is 4.09. The molecule has 34 heavy (non-hydrogen) atoms. The van der Waals surface area contributed by atoms with Crippen molar-refractivity contribution in [3.8, 4) is 0 Å². The molecule has 2 heterocycles. The minimum absolute atomic E-state index is 0.702. The van der Waals surface area contributed by atoms with Gasteiger partial charge in [-0.1, -0.05) is 13.8 Å². The Balaban J connectivity index is 0.000000642. The summed E-state index contributed by atoms with van der Waals surface area (Å²) in [6, 6.07) is 2.33. The number of piperazine rings is 1. The van der Waals surface area contributed by atoms with Crippen molar-refractivity contribution in [2.24, 2.45) is 0 Å². The van der Waals surface area contributed by atoms with Gasteiger partial charge in [0.25, 0.3) is 0 Å². The maximum absolute atomic E-state index is 10.6. The van der Waals surface area contributed by atoms with E-state index in [-0.39, 0.29) is 0 Å². The molecule has 7 nitrogen and oxygen atoms in total. The maximum atomic E-state index is 10.6. The Labute approximate surface area is 196 Å². The number of hydrogen-bond acceptors (Lipinski definition) is 5. The molecule has 0 aromatic heterocycles.